The topological polar surface area (TPSA) is 21.3 Å². The first kappa shape index (κ1) is 8.45. The number of hydrogen-bond donors (Lipinski definition) is 1. The summed E-state index contributed by atoms with van der Waals surface area (Å²) in [6.45, 7) is 5.03. The minimum absolute atomic E-state index is 0.407. The summed E-state index contributed by atoms with van der Waals surface area (Å²) >= 11 is 0. The Morgan fingerprint density at radius 3 is 3.21 bits per heavy atom. The van der Waals surface area contributed by atoms with E-state index in [2.05, 4.69) is 30.4 Å². The highest BCUT2D eigenvalue weighted by Crippen LogP contribution is 2.33. The molecule has 2 heterocycles. The molecule has 14 heavy (non-hydrogen) atoms. The molecule has 1 saturated heterocycles. The van der Waals surface area contributed by atoms with E-state index in [0.717, 1.165) is 19.7 Å². The number of hydrogen-bond acceptors (Lipinski definition) is 2. The maximum Gasteiger partial charge on any atom is 0.0784 e. The van der Waals surface area contributed by atoms with Gasteiger partial charge in [-0.05, 0) is 18.1 Å². The molecule has 0 amide bonds. The van der Waals surface area contributed by atoms with E-state index >= 15 is 0 Å². The molecule has 1 fully saturated rings. The van der Waals surface area contributed by atoms with Crippen molar-refractivity contribution in [1.29, 1.82) is 0 Å². The van der Waals surface area contributed by atoms with E-state index in [1.807, 2.05) is 0 Å². The van der Waals surface area contributed by atoms with E-state index < -0.39 is 0 Å². The van der Waals surface area contributed by atoms with Gasteiger partial charge < -0.3 is 10.1 Å². The van der Waals surface area contributed by atoms with Gasteiger partial charge in [0.15, 0.2) is 0 Å². The largest absolute Gasteiger partial charge is 0.372 e. The SMILES string of the molecule is Cc1ccc2c(c1)C1CNCC1OC2. The van der Waals surface area contributed by atoms with Crippen molar-refractivity contribution in [2.24, 2.45) is 0 Å². The lowest BCUT2D eigenvalue weighted by molar-refractivity contribution is 0.0299. The van der Waals surface area contributed by atoms with Gasteiger partial charge in [0.25, 0.3) is 0 Å². The fraction of sp³-hybridized carbons (Fsp3) is 0.500. The molecule has 1 N–H and O–H groups in total. The number of ether oxygens (including phenoxy) is 1. The molecule has 0 aromatic heterocycles. The van der Waals surface area contributed by atoms with Crippen LogP contribution in [0, 0.1) is 6.92 Å². The molecule has 0 bridgehead atoms. The van der Waals surface area contributed by atoms with Gasteiger partial charge in [0, 0.05) is 19.0 Å². The van der Waals surface area contributed by atoms with Crippen molar-refractivity contribution in [3.05, 3.63) is 34.9 Å². The smallest absolute Gasteiger partial charge is 0.0784 e. The standard InChI is InChI=1S/C12H15NO/c1-8-2-3-9-7-14-12-6-13-5-11(12)10(9)4-8/h2-4,11-13H,5-7H2,1H3. The average molecular weight is 189 g/mol. The molecule has 74 valence electrons. The Kier molecular flexibility index (Phi) is 1.85. The summed E-state index contributed by atoms with van der Waals surface area (Å²) in [4.78, 5) is 0. The summed E-state index contributed by atoms with van der Waals surface area (Å²) in [6.07, 6.45) is 0.407. The molecule has 2 aliphatic heterocycles. The van der Waals surface area contributed by atoms with Gasteiger partial charge in [-0.25, -0.2) is 0 Å². The van der Waals surface area contributed by atoms with Crippen LogP contribution in [0.3, 0.4) is 0 Å². The maximum atomic E-state index is 5.81. The molecule has 2 heteroatoms. The molecule has 1 aromatic carbocycles. The summed E-state index contributed by atoms with van der Waals surface area (Å²) in [7, 11) is 0. The van der Waals surface area contributed by atoms with E-state index in [4.69, 9.17) is 4.74 Å². The van der Waals surface area contributed by atoms with Crippen LogP contribution in [0.25, 0.3) is 0 Å². The van der Waals surface area contributed by atoms with Crippen LogP contribution >= 0.6 is 0 Å². The molecule has 3 rings (SSSR count). The van der Waals surface area contributed by atoms with Gasteiger partial charge in [0.1, 0.15) is 0 Å². The zero-order valence-electron chi connectivity index (χ0n) is 8.42. The molecule has 0 spiro atoms. The van der Waals surface area contributed by atoms with Gasteiger partial charge in [-0.15, -0.1) is 0 Å². The van der Waals surface area contributed by atoms with Gasteiger partial charge in [-0.2, -0.15) is 0 Å². The van der Waals surface area contributed by atoms with Crippen LogP contribution in [-0.2, 0) is 11.3 Å². The van der Waals surface area contributed by atoms with Gasteiger partial charge in [-0.3, -0.25) is 0 Å². The third kappa shape index (κ3) is 1.18. The van der Waals surface area contributed by atoms with Crippen LogP contribution in [0.1, 0.15) is 22.6 Å². The lowest BCUT2D eigenvalue weighted by Crippen LogP contribution is -2.26. The molecule has 2 nitrogen and oxygen atoms in total. The van der Waals surface area contributed by atoms with Crippen molar-refractivity contribution < 1.29 is 4.74 Å². The van der Waals surface area contributed by atoms with E-state index in [1.54, 1.807) is 0 Å². The molecule has 2 unspecified atom stereocenters. The van der Waals surface area contributed by atoms with Crippen LogP contribution < -0.4 is 5.32 Å². The molecule has 2 atom stereocenters. The highest BCUT2D eigenvalue weighted by atomic mass is 16.5. The third-order valence-corrected chi connectivity index (χ3v) is 3.31. The van der Waals surface area contributed by atoms with Crippen molar-refractivity contribution in [3.8, 4) is 0 Å². The number of nitrogens with one attached hydrogen (secondary N) is 1. The molecule has 1 aromatic rings. The van der Waals surface area contributed by atoms with Crippen LogP contribution in [0.5, 0.6) is 0 Å². The summed E-state index contributed by atoms with van der Waals surface area (Å²) < 4.78 is 5.81. The second-order valence-electron chi connectivity index (χ2n) is 4.32. The number of fused-ring (bicyclic) bond motifs is 3. The van der Waals surface area contributed by atoms with Gasteiger partial charge >= 0.3 is 0 Å². The zero-order valence-corrected chi connectivity index (χ0v) is 8.42. The van der Waals surface area contributed by atoms with Gasteiger partial charge in [0.2, 0.25) is 0 Å². The first-order valence-corrected chi connectivity index (χ1v) is 5.26. The van der Waals surface area contributed by atoms with Crippen LogP contribution in [-0.4, -0.2) is 19.2 Å². The lowest BCUT2D eigenvalue weighted by Gasteiger charge is -2.28. The second kappa shape index (κ2) is 3.07. The number of rotatable bonds is 0. The first-order chi connectivity index (χ1) is 6.84. The average Bonchev–Trinajstić information content (AvgIpc) is 2.65. The fourth-order valence-electron chi connectivity index (χ4n) is 2.53. The minimum Gasteiger partial charge on any atom is -0.372 e. The zero-order chi connectivity index (χ0) is 9.54. The third-order valence-electron chi connectivity index (χ3n) is 3.31. The Morgan fingerprint density at radius 2 is 2.29 bits per heavy atom. The van der Waals surface area contributed by atoms with Crippen molar-refractivity contribution in [3.63, 3.8) is 0 Å². The minimum atomic E-state index is 0.407. The summed E-state index contributed by atoms with van der Waals surface area (Å²) in [5.74, 6) is 0.582. The molecule has 2 aliphatic rings. The van der Waals surface area contributed by atoms with E-state index in [9.17, 15) is 0 Å². The van der Waals surface area contributed by atoms with E-state index in [1.165, 1.54) is 16.7 Å². The maximum absolute atomic E-state index is 5.81. The summed E-state index contributed by atoms with van der Waals surface area (Å²) in [6, 6.07) is 6.70. The number of benzene rings is 1. The Morgan fingerprint density at radius 1 is 1.36 bits per heavy atom. The lowest BCUT2D eigenvalue weighted by atomic mass is 9.88. The molecule has 0 saturated carbocycles. The Bertz CT molecular complexity index is 361. The highest BCUT2D eigenvalue weighted by Gasteiger charge is 2.33. The quantitative estimate of drug-likeness (QED) is 0.669. The van der Waals surface area contributed by atoms with Crippen molar-refractivity contribution in [1.82, 2.24) is 5.32 Å². The summed E-state index contributed by atoms with van der Waals surface area (Å²) in [5, 5.41) is 3.40. The predicted octanol–water partition coefficient (Wildman–Crippen LogP) is 1.58. The van der Waals surface area contributed by atoms with Crippen LogP contribution in [0.15, 0.2) is 18.2 Å². The Labute approximate surface area is 84.3 Å². The van der Waals surface area contributed by atoms with E-state index in [0.29, 0.717) is 12.0 Å². The molecular formula is C12H15NO. The van der Waals surface area contributed by atoms with Crippen LogP contribution in [0.4, 0.5) is 0 Å². The first-order valence-electron chi connectivity index (χ1n) is 5.26. The van der Waals surface area contributed by atoms with Crippen molar-refractivity contribution in [2.75, 3.05) is 13.1 Å². The van der Waals surface area contributed by atoms with Crippen molar-refractivity contribution in [2.45, 2.75) is 25.6 Å². The fourth-order valence-corrected chi connectivity index (χ4v) is 2.53. The number of aryl methyl sites for hydroxylation is 1. The molecular weight excluding hydrogens is 174 g/mol. The Balaban J connectivity index is 2.07. The molecule has 0 aliphatic carbocycles. The normalized spacial score (nSPS) is 29.8. The second-order valence-corrected chi connectivity index (χ2v) is 4.32. The summed E-state index contributed by atoms with van der Waals surface area (Å²) in [5.41, 5.74) is 4.24. The van der Waals surface area contributed by atoms with Crippen LogP contribution in [0.2, 0.25) is 0 Å². The predicted molar refractivity (Wildman–Crippen MR) is 55.4 cm³/mol. The van der Waals surface area contributed by atoms with Gasteiger partial charge in [0.05, 0.1) is 12.7 Å². The highest BCUT2D eigenvalue weighted by molar-refractivity contribution is 5.37. The van der Waals surface area contributed by atoms with Gasteiger partial charge in [-0.1, -0.05) is 23.8 Å². The van der Waals surface area contributed by atoms with Crippen molar-refractivity contribution >= 4 is 0 Å². The molecule has 0 radical (unpaired) electrons. The monoisotopic (exact) mass is 189 g/mol. The Hall–Kier alpha value is -0.860. The van der Waals surface area contributed by atoms with E-state index in [-0.39, 0.29) is 0 Å².